The molecule has 2 nitrogen and oxygen atoms in total. The summed E-state index contributed by atoms with van der Waals surface area (Å²) in [6, 6.07) is 0. The Bertz CT molecular complexity index is 331. The smallest absolute Gasteiger partial charge is 0.182 e. The van der Waals surface area contributed by atoms with Crippen LogP contribution in [0.1, 0.15) is 6.42 Å². The molecule has 0 N–H and O–H groups in total. The summed E-state index contributed by atoms with van der Waals surface area (Å²) in [5.74, 6) is 0.105. The van der Waals surface area contributed by atoms with Gasteiger partial charge in [0.1, 0.15) is 0 Å². The van der Waals surface area contributed by atoms with Crippen LogP contribution >= 0.6 is 45.8 Å². The van der Waals surface area contributed by atoms with Crippen LogP contribution in [0.2, 0.25) is 0 Å². The molecule has 0 bridgehead atoms. The Morgan fingerprint density at radius 2 is 1.73 bits per heavy atom. The van der Waals surface area contributed by atoms with Crippen LogP contribution in [0, 0.1) is 0 Å². The zero-order valence-corrected chi connectivity index (χ0v) is 12.4. The largest absolute Gasteiger partial charge is 0.296 e. The summed E-state index contributed by atoms with van der Waals surface area (Å²) in [5.41, 5.74) is 0. The highest BCUT2D eigenvalue weighted by Crippen LogP contribution is 2.52. The minimum absolute atomic E-state index is 0.0251. The molecule has 0 aromatic rings. The second-order valence-electron chi connectivity index (χ2n) is 2.99. The molecule has 0 aliphatic carbocycles. The standard InChI is InChI=1S/C9H14O2S4/c1-12-8-6(10)5-7(11)9(13-2,14-3)15(8)4/h5H2,1-4H3. The van der Waals surface area contributed by atoms with Gasteiger partial charge in [0, 0.05) is 0 Å². The van der Waals surface area contributed by atoms with E-state index < -0.39 is 3.41 Å². The van der Waals surface area contributed by atoms with E-state index in [1.165, 1.54) is 11.8 Å². The van der Waals surface area contributed by atoms with Gasteiger partial charge in [-0.15, -0.1) is 45.8 Å². The summed E-state index contributed by atoms with van der Waals surface area (Å²) < 4.78 is 0.449. The number of thioether (sulfide) groups is 3. The molecular weight excluding hydrogens is 268 g/mol. The van der Waals surface area contributed by atoms with Crippen molar-refractivity contribution in [1.29, 1.82) is 0 Å². The van der Waals surface area contributed by atoms with E-state index >= 15 is 0 Å². The zero-order chi connectivity index (χ0) is 11.6. The van der Waals surface area contributed by atoms with Crippen molar-refractivity contribution in [2.45, 2.75) is 9.83 Å². The first-order valence-electron chi connectivity index (χ1n) is 4.27. The van der Waals surface area contributed by atoms with Crippen molar-refractivity contribution in [2.24, 2.45) is 0 Å². The third-order valence-corrected chi connectivity index (χ3v) is 11.0. The van der Waals surface area contributed by atoms with Gasteiger partial charge in [-0.25, -0.2) is 0 Å². The molecule has 1 rings (SSSR count). The van der Waals surface area contributed by atoms with Crippen LogP contribution in [0.5, 0.6) is 0 Å². The normalized spacial score (nSPS) is 25.9. The molecule has 6 heteroatoms. The lowest BCUT2D eigenvalue weighted by atomic mass is 10.2. The summed E-state index contributed by atoms with van der Waals surface area (Å²) in [6.45, 7) is 0. The number of rotatable bonds is 2. The Morgan fingerprint density at radius 3 is 2.13 bits per heavy atom. The second kappa shape index (κ2) is 5.29. The number of hydrogen-bond acceptors (Lipinski definition) is 5. The predicted molar refractivity (Wildman–Crippen MR) is 76.4 cm³/mol. The Kier molecular flexibility index (Phi) is 4.83. The maximum absolute atomic E-state index is 12.0. The topological polar surface area (TPSA) is 34.1 Å². The van der Waals surface area contributed by atoms with Gasteiger partial charge < -0.3 is 0 Å². The highest BCUT2D eigenvalue weighted by atomic mass is 32.3. The summed E-state index contributed by atoms with van der Waals surface area (Å²) >= 11 is 4.64. The summed E-state index contributed by atoms with van der Waals surface area (Å²) in [7, 11) is -0.278. The van der Waals surface area contributed by atoms with Crippen molar-refractivity contribution >= 4 is 61.5 Å². The van der Waals surface area contributed by atoms with E-state index in [0.29, 0.717) is 0 Å². The Morgan fingerprint density at radius 1 is 1.20 bits per heavy atom. The van der Waals surface area contributed by atoms with Crippen molar-refractivity contribution < 1.29 is 9.59 Å². The lowest BCUT2D eigenvalue weighted by molar-refractivity contribution is -0.123. The molecule has 0 saturated carbocycles. The van der Waals surface area contributed by atoms with Crippen molar-refractivity contribution in [2.75, 3.05) is 25.0 Å². The predicted octanol–water partition coefficient (Wildman–Crippen LogP) is 2.30. The molecule has 0 fully saturated rings. The SMILES string of the molecule is CSC1=S(C)C(SC)(SC)C(=O)CC1=O. The molecule has 0 spiro atoms. The minimum Gasteiger partial charge on any atom is -0.296 e. The van der Waals surface area contributed by atoms with Crippen LogP contribution in [-0.4, -0.2) is 44.2 Å². The highest BCUT2D eigenvalue weighted by Gasteiger charge is 2.44. The van der Waals surface area contributed by atoms with Gasteiger partial charge in [0.25, 0.3) is 0 Å². The molecule has 0 amide bonds. The lowest BCUT2D eigenvalue weighted by Gasteiger charge is -2.35. The molecule has 1 aliphatic rings. The molecule has 1 unspecified atom stereocenters. The number of ketones is 2. The quantitative estimate of drug-likeness (QED) is 0.441. The highest BCUT2D eigenvalue weighted by molar-refractivity contribution is 8.47. The maximum atomic E-state index is 12.0. The van der Waals surface area contributed by atoms with Crippen LogP contribution in [0.15, 0.2) is 0 Å². The van der Waals surface area contributed by atoms with E-state index in [0.717, 1.165) is 4.20 Å². The van der Waals surface area contributed by atoms with Crippen LogP contribution in [0.3, 0.4) is 0 Å². The van der Waals surface area contributed by atoms with Crippen LogP contribution in [-0.2, 0) is 9.59 Å². The van der Waals surface area contributed by atoms with Gasteiger partial charge in [-0.1, -0.05) is 0 Å². The van der Waals surface area contributed by atoms with Crippen molar-refractivity contribution in [3.8, 4) is 0 Å². The van der Waals surface area contributed by atoms with E-state index in [2.05, 4.69) is 0 Å². The number of carbonyl (C=O) groups is 2. The van der Waals surface area contributed by atoms with E-state index in [1.807, 2.05) is 25.0 Å². The molecule has 0 aromatic heterocycles. The summed E-state index contributed by atoms with van der Waals surface area (Å²) in [6.07, 6.45) is 7.90. The first-order valence-corrected chi connectivity index (χ1v) is 9.58. The van der Waals surface area contributed by atoms with Crippen LogP contribution < -0.4 is 0 Å². The molecule has 1 atom stereocenters. The summed E-state index contributed by atoms with van der Waals surface area (Å²) in [4.78, 5) is 23.7. The van der Waals surface area contributed by atoms with E-state index in [1.54, 1.807) is 23.5 Å². The van der Waals surface area contributed by atoms with Gasteiger partial charge in [0.2, 0.25) is 0 Å². The van der Waals surface area contributed by atoms with E-state index in [4.69, 9.17) is 0 Å². The molecule has 1 heterocycles. The van der Waals surface area contributed by atoms with Gasteiger partial charge in [-0.2, -0.15) is 0 Å². The second-order valence-corrected chi connectivity index (χ2v) is 8.92. The Labute approximate surface area is 106 Å². The number of Topliss-reactive ketones (excluding diaryl/α,β-unsaturated/α-hetero) is 2. The molecule has 1 aliphatic heterocycles. The van der Waals surface area contributed by atoms with Crippen molar-refractivity contribution in [3.63, 3.8) is 0 Å². The molecule has 15 heavy (non-hydrogen) atoms. The third kappa shape index (κ3) is 2.18. The Hall–Kier alpha value is 0.610. The molecule has 0 radical (unpaired) electrons. The van der Waals surface area contributed by atoms with Gasteiger partial charge >= 0.3 is 0 Å². The summed E-state index contributed by atoms with van der Waals surface area (Å²) in [5, 5.41) is 0. The number of carbonyl (C=O) groups excluding carboxylic acids is 2. The molecule has 86 valence electrons. The fraction of sp³-hybridized carbons (Fsp3) is 0.667. The fourth-order valence-electron chi connectivity index (χ4n) is 1.59. The Balaban J connectivity index is 3.32. The van der Waals surface area contributed by atoms with E-state index in [9.17, 15) is 9.59 Å². The van der Waals surface area contributed by atoms with Gasteiger partial charge in [-0.05, 0) is 25.0 Å². The fourth-order valence-corrected chi connectivity index (χ4v) is 8.42. The first-order chi connectivity index (χ1) is 7.03. The van der Waals surface area contributed by atoms with Crippen LogP contribution in [0.4, 0.5) is 0 Å². The lowest BCUT2D eigenvalue weighted by Crippen LogP contribution is -2.38. The third-order valence-electron chi connectivity index (χ3n) is 2.29. The average molecular weight is 282 g/mol. The van der Waals surface area contributed by atoms with Crippen molar-refractivity contribution in [3.05, 3.63) is 0 Å². The molecule has 0 aromatic carbocycles. The monoisotopic (exact) mass is 282 g/mol. The average Bonchev–Trinajstić information content (AvgIpc) is 2.20. The first kappa shape index (κ1) is 13.7. The molecular formula is C9H14O2S4. The minimum atomic E-state index is -0.424. The van der Waals surface area contributed by atoms with E-state index in [-0.39, 0.29) is 28.5 Å². The van der Waals surface area contributed by atoms with Crippen LogP contribution in [0.25, 0.3) is 0 Å². The van der Waals surface area contributed by atoms with Gasteiger partial charge in [0.05, 0.1) is 10.6 Å². The maximum Gasteiger partial charge on any atom is 0.182 e. The van der Waals surface area contributed by atoms with Crippen molar-refractivity contribution in [1.82, 2.24) is 0 Å². The molecule has 0 saturated heterocycles. The number of hydrogen-bond donors (Lipinski definition) is 0. The van der Waals surface area contributed by atoms with Gasteiger partial charge in [0.15, 0.2) is 15.0 Å². The zero-order valence-electron chi connectivity index (χ0n) is 9.16. The van der Waals surface area contributed by atoms with Gasteiger partial charge in [-0.3, -0.25) is 9.59 Å².